The number of unbranched alkanes of at least 4 members (excludes halogenated alkanes) is 1. The van der Waals surface area contributed by atoms with Crippen LogP contribution in [0.25, 0.3) is 11.4 Å². The average Bonchev–Trinajstić information content (AvgIpc) is 3.76. The SMILES string of the molecule is CCCCOc1ccc(C2/C(=C(\O)c3nc4c(C)cccn4c3C)C(=O)C(=O)N2c2nnc(SCc3ccccc3)s2)cc1OCC. The number of amides is 1. The van der Waals surface area contributed by atoms with Gasteiger partial charge in [-0.05, 0) is 62.1 Å². The van der Waals surface area contributed by atoms with Gasteiger partial charge in [-0.25, -0.2) is 4.98 Å². The fraction of sp³-hybridized carbons (Fsp3) is 0.286. The molecule has 1 N–H and O–H groups in total. The zero-order valence-electron chi connectivity index (χ0n) is 26.6. The van der Waals surface area contributed by atoms with E-state index in [2.05, 4.69) is 17.1 Å². The molecule has 47 heavy (non-hydrogen) atoms. The van der Waals surface area contributed by atoms with Crippen LogP contribution in [0.5, 0.6) is 11.5 Å². The van der Waals surface area contributed by atoms with Gasteiger partial charge in [-0.1, -0.05) is 78.9 Å². The molecule has 0 aliphatic carbocycles. The number of hydrogen-bond acceptors (Lipinski definition) is 10. The van der Waals surface area contributed by atoms with Crippen molar-refractivity contribution in [1.29, 1.82) is 0 Å². The number of imidazole rings is 1. The molecule has 1 aliphatic heterocycles. The number of benzene rings is 2. The number of fused-ring (bicyclic) bond motifs is 1. The molecular formula is C35H35N5O5S2. The first-order valence-electron chi connectivity index (χ1n) is 15.5. The minimum atomic E-state index is -1.02. The number of carbonyl (C=O) groups is 2. The van der Waals surface area contributed by atoms with Crippen molar-refractivity contribution in [2.45, 2.75) is 56.7 Å². The maximum atomic E-state index is 13.9. The van der Waals surface area contributed by atoms with Gasteiger partial charge in [0, 0.05) is 11.9 Å². The summed E-state index contributed by atoms with van der Waals surface area (Å²) in [7, 11) is 0. The Balaban J connectivity index is 1.46. The first-order valence-corrected chi connectivity index (χ1v) is 17.3. The first kappa shape index (κ1) is 32.3. The predicted molar refractivity (Wildman–Crippen MR) is 183 cm³/mol. The van der Waals surface area contributed by atoms with E-state index in [9.17, 15) is 14.7 Å². The van der Waals surface area contributed by atoms with E-state index < -0.39 is 17.7 Å². The highest BCUT2D eigenvalue weighted by atomic mass is 32.2. The second kappa shape index (κ2) is 14.0. The summed E-state index contributed by atoms with van der Waals surface area (Å²) in [5, 5.41) is 20.8. The van der Waals surface area contributed by atoms with Crippen LogP contribution in [-0.4, -0.2) is 49.6 Å². The molecule has 2 aromatic carbocycles. The summed E-state index contributed by atoms with van der Waals surface area (Å²) in [5.74, 6) is -0.310. The lowest BCUT2D eigenvalue weighted by molar-refractivity contribution is -0.132. The number of hydrogen-bond donors (Lipinski definition) is 1. The van der Waals surface area contributed by atoms with E-state index in [1.165, 1.54) is 28.0 Å². The highest BCUT2D eigenvalue weighted by molar-refractivity contribution is 8.00. The highest BCUT2D eigenvalue weighted by Gasteiger charge is 2.49. The van der Waals surface area contributed by atoms with Gasteiger partial charge in [-0.3, -0.25) is 14.5 Å². The zero-order chi connectivity index (χ0) is 33.1. The predicted octanol–water partition coefficient (Wildman–Crippen LogP) is 7.30. The highest BCUT2D eigenvalue weighted by Crippen LogP contribution is 2.46. The standard InChI is InChI=1S/C35H35N5O5S2/c1-5-7-18-45-25-16-15-24(19-26(25)44-6-2)29-27(30(41)28-22(4)39-17-11-12-21(3)32(39)36-28)31(42)33(43)40(29)34-37-38-35(47-34)46-20-23-13-9-8-10-14-23/h8-17,19,29,41H,5-7,18,20H2,1-4H3/b30-27+. The molecule has 6 rings (SSSR count). The lowest BCUT2D eigenvalue weighted by atomic mass is 9.96. The molecule has 0 radical (unpaired) electrons. The summed E-state index contributed by atoms with van der Waals surface area (Å²) < 4.78 is 14.5. The minimum absolute atomic E-state index is 0.0880. The van der Waals surface area contributed by atoms with Crippen LogP contribution in [0.15, 0.2) is 76.8 Å². The van der Waals surface area contributed by atoms with Crippen LogP contribution in [0.2, 0.25) is 0 Å². The average molecular weight is 670 g/mol. The quantitative estimate of drug-likeness (QED) is 0.0365. The normalized spacial score (nSPS) is 15.9. The van der Waals surface area contributed by atoms with Crippen molar-refractivity contribution < 1.29 is 24.2 Å². The van der Waals surface area contributed by atoms with Crippen LogP contribution in [0.1, 0.15) is 60.8 Å². The van der Waals surface area contributed by atoms with Gasteiger partial charge in [0.15, 0.2) is 21.6 Å². The van der Waals surface area contributed by atoms with E-state index >= 15 is 0 Å². The number of aryl methyl sites for hydroxylation is 2. The number of rotatable bonds is 12. The summed E-state index contributed by atoms with van der Waals surface area (Å²) in [5.41, 5.74) is 3.99. The van der Waals surface area contributed by atoms with E-state index in [0.717, 1.165) is 24.0 Å². The summed E-state index contributed by atoms with van der Waals surface area (Å²) in [6, 6.07) is 18.1. The molecule has 4 heterocycles. The van der Waals surface area contributed by atoms with Crippen molar-refractivity contribution in [3.63, 3.8) is 0 Å². The second-order valence-electron chi connectivity index (χ2n) is 11.1. The second-order valence-corrected chi connectivity index (χ2v) is 13.2. The van der Waals surface area contributed by atoms with Crippen molar-refractivity contribution in [1.82, 2.24) is 19.6 Å². The zero-order valence-corrected chi connectivity index (χ0v) is 28.2. The molecular weight excluding hydrogens is 635 g/mol. The molecule has 0 bridgehead atoms. The molecule has 3 aromatic heterocycles. The number of ketones is 1. The van der Waals surface area contributed by atoms with Gasteiger partial charge in [0.2, 0.25) is 5.13 Å². The number of nitrogens with zero attached hydrogens (tertiary/aromatic N) is 5. The Morgan fingerprint density at radius 1 is 1.00 bits per heavy atom. The molecule has 12 heteroatoms. The number of aromatic nitrogens is 4. The van der Waals surface area contributed by atoms with Crippen LogP contribution >= 0.6 is 23.1 Å². The number of thioether (sulfide) groups is 1. The van der Waals surface area contributed by atoms with Crippen LogP contribution in [0.3, 0.4) is 0 Å². The molecule has 242 valence electrons. The van der Waals surface area contributed by atoms with Gasteiger partial charge in [-0.15, -0.1) is 10.2 Å². The van der Waals surface area contributed by atoms with Gasteiger partial charge in [-0.2, -0.15) is 0 Å². The van der Waals surface area contributed by atoms with Crippen molar-refractivity contribution in [2.24, 2.45) is 0 Å². The molecule has 5 aromatic rings. The molecule has 1 aliphatic rings. The van der Waals surface area contributed by atoms with Crippen LogP contribution < -0.4 is 14.4 Å². The van der Waals surface area contributed by atoms with Gasteiger partial charge < -0.3 is 19.0 Å². The fourth-order valence-electron chi connectivity index (χ4n) is 5.51. The largest absolute Gasteiger partial charge is 0.505 e. The Morgan fingerprint density at radius 3 is 2.55 bits per heavy atom. The van der Waals surface area contributed by atoms with Gasteiger partial charge in [0.25, 0.3) is 5.78 Å². The van der Waals surface area contributed by atoms with Crippen LogP contribution in [-0.2, 0) is 15.3 Å². The van der Waals surface area contributed by atoms with Crippen LogP contribution in [0.4, 0.5) is 5.13 Å². The van der Waals surface area contributed by atoms with E-state index in [1.807, 2.05) is 73.8 Å². The number of pyridine rings is 1. The van der Waals surface area contributed by atoms with Gasteiger partial charge in [0.05, 0.1) is 30.5 Å². The van der Waals surface area contributed by atoms with E-state index in [0.29, 0.717) is 51.7 Å². The number of carbonyl (C=O) groups excluding carboxylic acids is 2. The molecule has 1 atom stereocenters. The first-order chi connectivity index (χ1) is 22.8. The van der Waals surface area contributed by atoms with Crippen molar-refractivity contribution >= 4 is 51.3 Å². The molecule has 1 unspecified atom stereocenters. The Hall–Kier alpha value is -4.68. The van der Waals surface area contributed by atoms with Crippen molar-refractivity contribution in [2.75, 3.05) is 18.1 Å². The van der Waals surface area contributed by atoms with Gasteiger partial charge >= 0.3 is 5.91 Å². The summed E-state index contributed by atoms with van der Waals surface area (Å²) in [6.45, 7) is 8.60. The third-order valence-electron chi connectivity index (χ3n) is 7.90. The fourth-order valence-corrected chi connectivity index (χ4v) is 7.33. The summed E-state index contributed by atoms with van der Waals surface area (Å²) in [6.07, 6.45) is 3.71. The molecule has 1 fully saturated rings. The number of aliphatic hydroxyl groups excluding tert-OH is 1. The molecule has 0 spiro atoms. The molecule has 0 saturated carbocycles. The maximum Gasteiger partial charge on any atom is 0.301 e. The Kier molecular flexibility index (Phi) is 9.60. The van der Waals surface area contributed by atoms with Crippen molar-refractivity contribution in [3.8, 4) is 11.5 Å². The lowest BCUT2D eigenvalue weighted by Crippen LogP contribution is -2.29. The smallest absolute Gasteiger partial charge is 0.301 e. The number of aliphatic hydroxyl groups is 1. The lowest BCUT2D eigenvalue weighted by Gasteiger charge is -2.23. The topological polar surface area (TPSA) is 119 Å². The Bertz CT molecular complexity index is 1970. The minimum Gasteiger partial charge on any atom is -0.505 e. The van der Waals surface area contributed by atoms with E-state index in [1.54, 1.807) is 18.2 Å². The monoisotopic (exact) mass is 669 g/mol. The van der Waals surface area contributed by atoms with E-state index in [-0.39, 0.29) is 22.2 Å². The number of ether oxygens (including phenoxy) is 2. The maximum absolute atomic E-state index is 13.9. The van der Waals surface area contributed by atoms with Gasteiger partial charge in [0.1, 0.15) is 11.3 Å². The molecule has 1 amide bonds. The number of anilines is 1. The Morgan fingerprint density at radius 2 is 1.81 bits per heavy atom. The number of Topliss-reactive ketones (excluding diaryl/α,β-unsaturated/α-hetero) is 1. The summed E-state index contributed by atoms with van der Waals surface area (Å²) in [4.78, 5) is 33.8. The molecule has 10 nitrogen and oxygen atoms in total. The third kappa shape index (κ3) is 6.35. The van der Waals surface area contributed by atoms with Crippen molar-refractivity contribution in [3.05, 3.63) is 101 Å². The Labute approximate surface area is 281 Å². The third-order valence-corrected chi connectivity index (χ3v) is 10.0. The van der Waals surface area contributed by atoms with E-state index in [4.69, 9.17) is 14.5 Å². The molecule has 1 saturated heterocycles. The van der Waals surface area contributed by atoms with Crippen LogP contribution in [0, 0.1) is 13.8 Å². The summed E-state index contributed by atoms with van der Waals surface area (Å²) >= 11 is 2.71.